The van der Waals surface area contributed by atoms with E-state index in [1.54, 1.807) is 30.6 Å². The lowest BCUT2D eigenvalue weighted by molar-refractivity contribution is 0.318. The summed E-state index contributed by atoms with van der Waals surface area (Å²) in [5.41, 5.74) is 7.56. The highest BCUT2D eigenvalue weighted by molar-refractivity contribution is 5.99. The SMILES string of the molecule is N/C(=N/O)c1ccc2nccnc2c1. The third-order valence-electron chi connectivity index (χ3n) is 1.87. The predicted molar refractivity (Wildman–Crippen MR) is 52.0 cm³/mol. The number of nitrogens with zero attached hydrogens (tertiary/aromatic N) is 3. The van der Waals surface area contributed by atoms with Crippen molar-refractivity contribution < 1.29 is 5.21 Å². The predicted octanol–water partition coefficient (Wildman–Crippen LogP) is 0.724. The third-order valence-corrected chi connectivity index (χ3v) is 1.87. The van der Waals surface area contributed by atoms with Crippen molar-refractivity contribution >= 4 is 16.9 Å². The number of aromatic nitrogens is 2. The van der Waals surface area contributed by atoms with Crippen LogP contribution in [-0.2, 0) is 0 Å². The normalized spacial score (nSPS) is 11.9. The molecular weight excluding hydrogens is 180 g/mol. The van der Waals surface area contributed by atoms with Crippen molar-refractivity contribution in [2.45, 2.75) is 0 Å². The molecule has 0 bridgehead atoms. The Hall–Kier alpha value is -2.17. The molecule has 3 N–H and O–H groups in total. The topological polar surface area (TPSA) is 84.4 Å². The van der Waals surface area contributed by atoms with E-state index in [9.17, 15) is 0 Å². The van der Waals surface area contributed by atoms with Gasteiger partial charge in [0.1, 0.15) is 0 Å². The van der Waals surface area contributed by atoms with Crippen molar-refractivity contribution in [3.8, 4) is 0 Å². The quantitative estimate of drug-likeness (QED) is 0.299. The van der Waals surface area contributed by atoms with Crippen LogP contribution in [0.1, 0.15) is 5.56 Å². The summed E-state index contributed by atoms with van der Waals surface area (Å²) in [7, 11) is 0. The van der Waals surface area contributed by atoms with E-state index in [2.05, 4.69) is 15.1 Å². The Bertz CT molecular complexity index is 495. The van der Waals surface area contributed by atoms with Gasteiger partial charge in [-0.05, 0) is 18.2 Å². The van der Waals surface area contributed by atoms with Crippen LogP contribution in [0.2, 0.25) is 0 Å². The minimum atomic E-state index is 0.0672. The number of fused-ring (bicyclic) bond motifs is 1. The number of benzene rings is 1. The Morgan fingerprint density at radius 2 is 1.93 bits per heavy atom. The van der Waals surface area contributed by atoms with Gasteiger partial charge in [0.25, 0.3) is 0 Å². The average Bonchev–Trinajstić information content (AvgIpc) is 2.27. The van der Waals surface area contributed by atoms with Crippen LogP contribution in [0.25, 0.3) is 11.0 Å². The Morgan fingerprint density at radius 3 is 2.64 bits per heavy atom. The first-order chi connectivity index (χ1) is 6.81. The van der Waals surface area contributed by atoms with E-state index in [1.165, 1.54) is 0 Å². The van der Waals surface area contributed by atoms with Crippen LogP contribution in [0.5, 0.6) is 0 Å². The van der Waals surface area contributed by atoms with E-state index in [1.807, 2.05) is 0 Å². The number of nitrogens with two attached hydrogens (primary N) is 1. The highest BCUT2D eigenvalue weighted by Gasteiger charge is 2.01. The maximum absolute atomic E-state index is 8.49. The van der Waals surface area contributed by atoms with Crippen LogP contribution in [-0.4, -0.2) is 21.0 Å². The van der Waals surface area contributed by atoms with Gasteiger partial charge < -0.3 is 10.9 Å². The first-order valence-corrected chi connectivity index (χ1v) is 4.00. The van der Waals surface area contributed by atoms with E-state index >= 15 is 0 Å². The molecule has 2 rings (SSSR count). The zero-order valence-corrected chi connectivity index (χ0v) is 7.25. The second-order valence-corrected chi connectivity index (χ2v) is 2.75. The molecule has 70 valence electrons. The molecule has 0 fully saturated rings. The van der Waals surface area contributed by atoms with Gasteiger partial charge in [-0.3, -0.25) is 9.97 Å². The molecule has 0 saturated carbocycles. The van der Waals surface area contributed by atoms with E-state index in [4.69, 9.17) is 10.9 Å². The summed E-state index contributed by atoms with van der Waals surface area (Å²) >= 11 is 0. The molecule has 0 aliphatic heterocycles. The number of hydrogen-bond donors (Lipinski definition) is 2. The molecule has 2 aromatic rings. The van der Waals surface area contributed by atoms with Crippen LogP contribution in [0.4, 0.5) is 0 Å². The zero-order valence-electron chi connectivity index (χ0n) is 7.25. The highest BCUT2D eigenvalue weighted by Crippen LogP contribution is 2.10. The van der Waals surface area contributed by atoms with Crippen LogP contribution in [0.3, 0.4) is 0 Å². The molecule has 0 atom stereocenters. The fraction of sp³-hybridized carbons (Fsp3) is 0. The summed E-state index contributed by atoms with van der Waals surface area (Å²) in [5, 5.41) is 11.4. The van der Waals surface area contributed by atoms with Crippen LogP contribution >= 0.6 is 0 Å². The molecule has 1 aromatic heterocycles. The fourth-order valence-electron chi connectivity index (χ4n) is 1.18. The Balaban J connectivity index is 2.62. The molecule has 5 nitrogen and oxygen atoms in total. The summed E-state index contributed by atoms with van der Waals surface area (Å²) in [6.07, 6.45) is 3.21. The van der Waals surface area contributed by atoms with E-state index < -0.39 is 0 Å². The maximum Gasteiger partial charge on any atom is 0.170 e. The Labute approximate surface area is 79.9 Å². The van der Waals surface area contributed by atoms with Crippen molar-refractivity contribution in [2.24, 2.45) is 10.9 Å². The number of hydrogen-bond acceptors (Lipinski definition) is 4. The molecule has 14 heavy (non-hydrogen) atoms. The molecule has 0 aliphatic carbocycles. The van der Waals surface area contributed by atoms with Gasteiger partial charge in [-0.2, -0.15) is 0 Å². The monoisotopic (exact) mass is 188 g/mol. The zero-order chi connectivity index (χ0) is 9.97. The lowest BCUT2D eigenvalue weighted by Crippen LogP contribution is -2.12. The maximum atomic E-state index is 8.49. The first kappa shape index (κ1) is 8.43. The lowest BCUT2D eigenvalue weighted by Gasteiger charge is -1.99. The van der Waals surface area contributed by atoms with Gasteiger partial charge in [-0.25, -0.2) is 0 Å². The largest absolute Gasteiger partial charge is 0.409 e. The minimum absolute atomic E-state index is 0.0672. The first-order valence-electron chi connectivity index (χ1n) is 4.00. The molecule has 1 heterocycles. The summed E-state index contributed by atoms with van der Waals surface area (Å²) in [6.45, 7) is 0. The van der Waals surface area contributed by atoms with Gasteiger partial charge in [0.05, 0.1) is 11.0 Å². The second kappa shape index (κ2) is 3.29. The smallest absolute Gasteiger partial charge is 0.170 e. The third kappa shape index (κ3) is 1.35. The van der Waals surface area contributed by atoms with Crippen LogP contribution in [0.15, 0.2) is 35.7 Å². The highest BCUT2D eigenvalue weighted by atomic mass is 16.4. The molecule has 0 radical (unpaired) electrons. The summed E-state index contributed by atoms with van der Waals surface area (Å²) in [6, 6.07) is 5.22. The molecule has 0 amide bonds. The second-order valence-electron chi connectivity index (χ2n) is 2.75. The van der Waals surface area contributed by atoms with Gasteiger partial charge in [0, 0.05) is 18.0 Å². The van der Waals surface area contributed by atoms with Gasteiger partial charge in [-0.1, -0.05) is 5.16 Å². The van der Waals surface area contributed by atoms with Crippen LogP contribution in [0, 0.1) is 0 Å². The fourth-order valence-corrected chi connectivity index (χ4v) is 1.18. The molecule has 5 heteroatoms. The van der Waals surface area contributed by atoms with E-state index in [0.29, 0.717) is 5.56 Å². The molecule has 0 saturated heterocycles. The summed E-state index contributed by atoms with van der Waals surface area (Å²) in [4.78, 5) is 8.21. The van der Waals surface area contributed by atoms with Gasteiger partial charge in [0.15, 0.2) is 5.84 Å². The molecule has 1 aromatic carbocycles. The number of amidine groups is 1. The molecular formula is C9H8N4O. The standard InChI is InChI=1S/C9H8N4O/c10-9(13-14)6-1-2-7-8(5-6)12-4-3-11-7/h1-5,14H,(H2,10,13). The van der Waals surface area contributed by atoms with Crippen LogP contribution < -0.4 is 5.73 Å². The summed E-state index contributed by atoms with van der Waals surface area (Å²) < 4.78 is 0. The van der Waals surface area contributed by atoms with Crippen molar-refractivity contribution in [1.29, 1.82) is 0 Å². The molecule has 0 spiro atoms. The average molecular weight is 188 g/mol. The van der Waals surface area contributed by atoms with Gasteiger partial charge >= 0.3 is 0 Å². The molecule has 0 aliphatic rings. The van der Waals surface area contributed by atoms with Gasteiger partial charge in [-0.15, -0.1) is 0 Å². The van der Waals surface area contributed by atoms with Gasteiger partial charge in [0.2, 0.25) is 0 Å². The minimum Gasteiger partial charge on any atom is -0.409 e. The van der Waals surface area contributed by atoms with Crippen molar-refractivity contribution in [2.75, 3.05) is 0 Å². The van der Waals surface area contributed by atoms with Crippen molar-refractivity contribution in [3.63, 3.8) is 0 Å². The van der Waals surface area contributed by atoms with E-state index in [0.717, 1.165) is 11.0 Å². The number of rotatable bonds is 1. The Morgan fingerprint density at radius 1 is 1.21 bits per heavy atom. The van der Waals surface area contributed by atoms with Crippen molar-refractivity contribution in [3.05, 3.63) is 36.2 Å². The molecule has 0 unspecified atom stereocenters. The van der Waals surface area contributed by atoms with E-state index in [-0.39, 0.29) is 5.84 Å². The summed E-state index contributed by atoms with van der Waals surface area (Å²) in [5.74, 6) is 0.0672. The Kier molecular flexibility index (Phi) is 1.98. The lowest BCUT2D eigenvalue weighted by atomic mass is 10.2. The number of oxime groups is 1. The van der Waals surface area contributed by atoms with Crippen molar-refractivity contribution in [1.82, 2.24) is 9.97 Å².